The first kappa shape index (κ1) is 20.6. The summed E-state index contributed by atoms with van der Waals surface area (Å²) in [7, 11) is 0. The molecule has 2 bridgehead atoms. The summed E-state index contributed by atoms with van der Waals surface area (Å²) in [5.41, 5.74) is 1.08. The van der Waals surface area contributed by atoms with E-state index in [9.17, 15) is 9.18 Å². The van der Waals surface area contributed by atoms with E-state index in [1.807, 2.05) is 0 Å². The van der Waals surface area contributed by atoms with Gasteiger partial charge in [-0.15, -0.1) is 0 Å². The van der Waals surface area contributed by atoms with Crippen LogP contribution in [0.15, 0.2) is 48.5 Å². The Labute approximate surface area is 179 Å². The Hall–Kier alpha value is -2.32. The summed E-state index contributed by atoms with van der Waals surface area (Å²) in [4.78, 5) is 23.1. The summed E-state index contributed by atoms with van der Waals surface area (Å²) in [5.74, 6) is -2.19. The number of ether oxygens (including phenoxy) is 2. The minimum atomic E-state index is -1.14. The van der Waals surface area contributed by atoms with Crippen LogP contribution in [-0.2, 0) is 31.6 Å². The maximum Gasteiger partial charge on any atom is 0.335 e. The van der Waals surface area contributed by atoms with E-state index < -0.39 is 23.6 Å². The average Bonchev–Trinajstić information content (AvgIpc) is 3.05. The molecule has 0 amide bonds. The molecule has 6 nitrogen and oxygen atoms in total. The van der Waals surface area contributed by atoms with Gasteiger partial charge in [0, 0.05) is 12.0 Å². The SMILES string of the molecule is O=C(O)c1ccc(COC2O[C@]3(c4ccc(F)cc4)CCC4CCCC[C@]42OO3)cc1. The molecule has 164 valence electrons. The first-order valence-electron chi connectivity index (χ1n) is 10.8. The molecule has 1 aliphatic carbocycles. The van der Waals surface area contributed by atoms with Crippen molar-refractivity contribution in [3.63, 3.8) is 0 Å². The van der Waals surface area contributed by atoms with Crippen molar-refractivity contribution in [1.29, 1.82) is 0 Å². The van der Waals surface area contributed by atoms with Gasteiger partial charge in [0.05, 0.1) is 12.2 Å². The highest BCUT2D eigenvalue weighted by Crippen LogP contribution is 2.55. The van der Waals surface area contributed by atoms with Gasteiger partial charge in [-0.2, -0.15) is 4.89 Å². The van der Waals surface area contributed by atoms with E-state index in [0.717, 1.165) is 37.7 Å². The summed E-state index contributed by atoms with van der Waals surface area (Å²) in [6.07, 6.45) is 4.73. The number of fused-ring (bicyclic) bond motifs is 3. The zero-order valence-electron chi connectivity index (χ0n) is 17.1. The Kier molecular flexibility index (Phi) is 5.30. The lowest BCUT2D eigenvalue weighted by molar-refractivity contribution is -0.561. The first-order chi connectivity index (χ1) is 15.0. The van der Waals surface area contributed by atoms with Crippen LogP contribution in [0.4, 0.5) is 4.39 Å². The molecular weight excluding hydrogens is 403 g/mol. The van der Waals surface area contributed by atoms with Crippen LogP contribution in [0.2, 0.25) is 0 Å². The Bertz CT molecular complexity index is 942. The van der Waals surface area contributed by atoms with E-state index in [1.165, 1.54) is 12.1 Å². The lowest BCUT2D eigenvalue weighted by Crippen LogP contribution is -2.59. The fraction of sp³-hybridized carbons (Fsp3) is 0.458. The first-order valence-corrected chi connectivity index (χ1v) is 10.8. The Morgan fingerprint density at radius 3 is 2.55 bits per heavy atom. The van der Waals surface area contributed by atoms with E-state index in [1.54, 1.807) is 36.4 Å². The van der Waals surface area contributed by atoms with Gasteiger partial charge < -0.3 is 14.6 Å². The van der Waals surface area contributed by atoms with Crippen LogP contribution in [0, 0.1) is 11.7 Å². The molecule has 3 aliphatic heterocycles. The number of aromatic carboxylic acids is 1. The van der Waals surface area contributed by atoms with Crippen LogP contribution in [0.25, 0.3) is 0 Å². The number of rotatable bonds is 5. The normalized spacial score (nSPS) is 32.3. The van der Waals surface area contributed by atoms with Gasteiger partial charge in [-0.3, -0.25) is 0 Å². The monoisotopic (exact) mass is 428 g/mol. The number of carboxylic acids is 1. The highest BCUT2D eigenvalue weighted by molar-refractivity contribution is 5.87. The zero-order chi connectivity index (χ0) is 21.5. The number of hydrogen-bond donors (Lipinski definition) is 1. The minimum Gasteiger partial charge on any atom is -0.478 e. The van der Waals surface area contributed by atoms with Gasteiger partial charge in [0.2, 0.25) is 5.79 Å². The molecule has 4 fully saturated rings. The third kappa shape index (κ3) is 3.65. The number of carbonyl (C=O) groups is 1. The lowest BCUT2D eigenvalue weighted by atomic mass is 9.73. The van der Waals surface area contributed by atoms with E-state index in [0.29, 0.717) is 12.0 Å². The molecule has 0 radical (unpaired) electrons. The van der Waals surface area contributed by atoms with Crippen molar-refractivity contribution in [1.82, 2.24) is 0 Å². The van der Waals surface area contributed by atoms with E-state index in [4.69, 9.17) is 24.4 Å². The van der Waals surface area contributed by atoms with E-state index >= 15 is 0 Å². The molecule has 2 unspecified atom stereocenters. The molecule has 31 heavy (non-hydrogen) atoms. The summed E-state index contributed by atoms with van der Waals surface area (Å²) < 4.78 is 26.2. The Morgan fingerprint density at radius 2 is 1.81 bits per heavy atom. The fourth-order valence-corrected chi connectivity index (χ4v) is 5.05. The van der Waals surface area contributed by atoms with Crippen molar-refractivity contribution >= 4 is 5.97 Å². The van der Waals surface area contributed by atoms with Gasteiger partial charge >= 0.3 is 5.97 Å². The van der Waals surface area contributed by atoms with Crippen molar-refractivity contribution in [3.8, 4) is 0 Å². The van der Waals surface area contributed by atoms with Crippen molar-refractivity contribution < 1.29 is 33.5 Å². The zero-order valence-corrected chi connectivity index (χ0v) is 17.1. The fourth-order valence-electron chi connectivity index (χ4n) is 5.05. The van der Waals surface area contributed by atoms with Crippen molar-refractivity contribution in [2.45, 2.75) is 62.8 Å². The van der Waals surface area contributed by atoms with Gasteiger partial charge in [-0.1, -0.05) is 37.1 Å². The number of hydrogen-bond acceptors (Lipinski definition) is 5. The maximum absolute atomic E-state index is 13.5. The summed E-state index contributed by atoms with van der Waals surface area (Å²) >= 11 is 0. The van der Waals surface area contributed by atoms with Crippen LogP contribution >= 0.6 is 0 Å². The molecule has 6 rings (SSSR count). The van der Waals surface area contributed by atoms with Crippen molar-refractivity contribution in [3.05, 3.63) is 71.0 Å². The quantitative estimate of drug-likeness (QED) is 0.682. The molecule has 3 saturated heterocycles. The van der Waals surface area contributed by atoms with Crippen LogP contribution in [0.1, 0.15) is 60.0 Å². The molecule has 1 saturated carbocycles. The Morgan fingerprint density at radius 1 is 1.03 bits per heavy atom. The lowest BCUT2D eigenvalue weighted by Gasteiger charge is -2.50. The second kappa shape index (κ2) is 7.98. The predicted octanol–water partition coefficient (Wildman–Crippen LogP) is 4.92. The summed E-state index contributed by atoms with van der Waals surface area (Å²) in [5, 5.41) is 9.09. The number of benzene rings is 2. The predicted molar refractivity (Wildman–Crippen MR) is 107 cm³/mol. The minimum absolute atomic E-state index is 0.228. The standard InChI is InChI=1S/C24H25FO6/c25-20-10-8-19(9-11-20)24-14-12-18-3-1-2-13-23(18,30-31-24)22(29-24)28-15-16-4-6-17(7-5-16)21(26)27/h4-11,18,22H,1-3,12-15H2,(H,26,27)/t18?,22?,23-,24+/m0/s1. The van der Waals surface area contributed by atoms with Gasteiger partial charge in [-0.05, 0) is 55.0 Å². The molecule has 1 N–H and O–H groups in total. The van der Waals surface area contributed by atoms with Crippen LogP contribution < -0.4 is 0 Å². The molecule has 2 aromatic rings. The topological polar surface area (TPSA) is 74.2 Å². The van der Waals surface area contributed by atoms with Crippen molar-refractivity contribution in [2.24, 2.45) is 5.92 Å². The molecular formula is C24H25FO6. The largest absolute Gasteiger partial charge is 0.478 e. The average molecular weight is 428 g/mol. The highest BCUT2D eigenvalue weighted by atomic mass is 19.1. The van der Waals surface area contributed by atoms with Gasteiger partial charge in [0.1, 0.15) is 5.82 Å². The third-order valence-corrected chi connectivity index (χ3v) is 6.80. The van der Waals surface area contributed by atoms with Crippen LogP contribution in [0.5, 0.6) is 0 Å². The Balaban J connectivity index is 1.42. The summed E-state index contributed by atoms with van der Waals surface area (Å²) in [6, 6.07) is 12.7. The van der Waals surface area contributed by atoms with E-state index in [2.05, 4.69) is 0 Å². The smallest absolute Gasteiger partial charge is 0.335 e. The highest BCUT2D eigenvalue weighted by Gasteiger charge is 2.62. The maximum atomic E-state index is 13.5. The van der Waals surface area contributed by atoms with E-state index in [-0.39, 0.29) is 23.9 Å². The third-order valence-electron chi connectivity index (χ3n) is 6.80. The van der Waals surface area contributed by atoms with Crippen LogP contribution in [-0.4, -0.2) is 23.0 Å². The molecule has 1 spiro atoms. The second-order valence-corrected chi connectivity index (χ2v) is 8.63. The molecule has 7 heteroatoms. The van der Waals surface area contributed by atoms with Crippen LogP contribution in [0.3, 0.4) is 0 Å². The molecule has 3 heterocycles. The van der Waals surface area contributed by atoms with Gasteiger partial charge in [0.15, 0.2) is 11.9 Å². The molecule has 4 aliphatic rings. The van der Waals surface area contributed by atoms with Crippen molar-refractivity contribution in [2.75, 3.05) is 0 Å². The summed E-state index contributed by atoms with van der Waals surface area (Å²) in [6.45, 7) is 0.252. The molecule has 2 aromatic carbocycles. The second-order valence-electron chi connectivity index (χ2n) is 8.63. The molecule has 4 atom stereocenters. The number of carboxylic acid groups (broad SMARTS) is 1. The van der Waals surface area contributed by atoms with Gasteiger partial charge in [0.25, 0.3) is 0 Å². The van der Waals surface area contributed by atoms with Gasteiger partial charge in [-0.25, -0.2) is 14.1 Å². The molecule has 0 aromatic heterocycles. The number of halogens is 1.